The summed E-state index contributed by atoms with van der Waals surface area (Å²) in [6, 6.07) is 24.8. The van der Waals surface area contributed by atoms with Crippen LogP contribution in [0.3, 0.4) is 0 Å². The lowest BCUT2D eigenvalue weighted by atomic mass is 9.98. The Labute approximate surface area is 162 Å². The highest BCUT2D eigenvalue weighted by Gasteiger charge is 2.13. The predicted molar refractivity (Wildman–Crippen MR) is 106 cm³/mol. The Bertz CT molecular complexity index is 1100. The third-order valence-electron chi connectivity index (χ3n) is 4.07. The van der Waals surface area contributed by atoms with Gasteiger partial charge in [0, 0.05) is 5.56 Å². The summed E-state index contributed by atoms with van der Waals surface area (Å²) < 4.78 is 0. The molecule has 5 heteroatoms. The standard InChI is InChI=1S/C23H16N2O3/c24-15-19-10-4-5-12-20(19)18-11-6-7-16(13-18)14-21(23(27)28)25-22(26)17-8-2-1-3-9-17/h1-14H,(H,25,26)(H,27,28). The summed E-state index contributed by atoms with van der Waals surface area (Å²) in [5.41, 5.74) is 2.79. The first-order valence-electron chi connectivity index (χ1n) is 8.49. The van der Waals surface area contributed by atoms with Gasteiger partial charge in [-0.15, -0.1) is 0 Å². The Morgan fingerprint density at radius 1 is 0.929 bits per heavy atom. The number of benzene rings is 3. The Kier molecular flexibility index (Phi) is 5.63. The van der Waals surface area contributed by atoms with Crippen molar-refractivity contribution in [3.8, 4) is 17.2 Å². The van der Waals surface area contributed by atoms with Crippen LogP contribution in [0.15, 0.2) is 84.6 Å². The van der Waals surface area contributed by atoms with Crippen molar-refractivity contribution in [2.75, 3.05) is 0 Å². The van der Waals surface area contributed by atoms with Crippen molar-refractivity contribution in [3.63, 3.8) is 0 Å². The first-order valence-corrected chi connectivity index (χ1v) is 8.49. The number of carbonyl (C=O) groups is 2. The van der Waals surface area contributed by atoms with Crippen molar-refractivity contribution in [2.24, 2.45) is 0 Å². The lowest BCUT2D eigenvalue weighted by Crippen LogP contribution is -2.27. The highest BCUT2D eigenvalue weighted by molar-refractivity contribution is 6.02. The van der Waals surface area contributed by atoms with Crippen molar-refractivity contribution in [1.29, 1.82) is 5.26 Å². The number of aliphatic carboxylic acids is 1. The first-order chi connectivity index (χ1) is 13.6. The monoisotopic (exact) mass is 368 g/mol. The maximum absolute atomic E-state index is 12.3. The van der Waals surface area contributed by atoms with Crippen molar-refractivity contribution >= 4 is 18.0 Å². The Hall–Kier alpha value is -4.17. The molecule has 5 nitrogen and oxygen atoms in total. The van der Waals surface area contributed by atoms with E-state index in [1.807, 2.05) is 18.2 Å². The fourth-order valence-electron chi connectivity index (χ4n) is 2.73. The Morgan fingerprint density at radius 3 is 2.36 bits per heavy atom. The van der Waals surface area contributed by atoms with E-state index in [1.165, 1.54) is 6.08 Å². The second-order valence-corrected chi connectivity index (χ2v) is 5.97. The predicted octanol–water partition coefficient (Wildman–Crippen LogP) is 4.08. The number of carbonyl (C=O) groups excluding carboxylic acids is 1. The van der Waals surface area contributed by atoms with Gasteiger partial charge in [-0.2, -0.15) is 5.26 Å². The molecule has 28 heavy (non-hydrogen) atoms. The molecule has 1 amide bonds. The number of nitriles is 1. The number of carboxylic acids is 1. The highest BCUT2D eigenvalue weighted by Crippen LogP contribution is 2.24. The molecule has 0 atom stereocenters. The van der Waals surface area contributed by atoms with Gasteiger partial charge in [0.1, 0.15) is 5.70 Å². The number of amides is 1. The molecule has 0 aliphatic heterocycles. The molecule has 0 bridgehead atoms. The van der Waals surface area contributed by atoms with E-state index in [0.717, 1.165) is 11.1 Å². The molecule has 3 aromatic carbocycles. The van der Waals surface area contributed by atoms with E-state index in [2.05, 4.69) is 11.4 Å². The van der Waals surface area contributed by atoms with E-state index in [9.17, 15) is 20.0 Å². The van der Waals surface area contributed by atoms with Crippen molar-refractivity contribution in [1.82, 2.24) is 5.32 Å². The molecule has 0 aliphatic rings. The third kappa shape index (κ3) is 4.32. The molecule has 0 saturated carbocycles. The fourth-order valence-corrected chi connectivity index (χ4v) is 2.73. The van der Waals surface area contributed by atoms with Gasteiger partial charge in [-0.1, -0.05) is 54.6 Å². The van der Waals surface area contributed by atoms with E-state index in [4.69, 9.17) is 0 Å². The molecule has 0 spiro atoms. The average Bonchev–Trinajstić information content (AvgIpc) is 2.74. The van der Waals surface area contributed by atoms with Crippen molar-refractivity contribution < 1.29 is 14.7 Å². The largest absolute Gasteiger partial charge is 0.477 e. The smallest absolute Gasteiger partial charge is 0.352 e. The normalized spacial score (nSPS) is 10.8. The van der Waals surface area contributed by atoms with Crippen LogP contribution in [0, 0.1) is 11.3 Å². The minimum absolute atomic E-state index is 0.237. The van der Waals surface area contributed by atoms with Gasteiger partial charge in [0.2, 0.25) is 0 Å². The van der Waals surface area contributed by atoms with E-state index < -0.39 is 11.9 Å². The van der Waals surface area contributed by atoms with Crippen LogP contribution in [-0.2, 0) is 4.79 Å². The second-order valence-electron chi connectivity index (χ2n) is 5.97. The minimum atomic E-state index is -1.24. The number of hydrogen-bond donors (Lipinski definition) is 2. The van der Waals surface area contributed by atoms with Crippen LogP contribution >= 0.6 is 0 Å². The third-order valence-corrected chi connectivity index (χ3v) is 4.07. The maximum atomic E-state index is 12.3. The molecule has 136 valence electrons. The summed E-state index contributed by atoms with van der Waals surface area (Å²) >= 11 is 0. The number of rotatable bonds is 5. The maximum Gasteiger partial charge on any atom is 0.352 e. The minimum Gasteiger partial charge on any atom is -0.477 e. The van der Waals surface area contributed by atoms with E-state index in [-0.39, 0.29) is 5.70 Å². The summed E-state index contributed by atoms with van der Waals surface area (Å²) in [7, 11) is 0. The van der Waals surface area contributed by atoms with Gasteiger partial charge < -0.3 is 10.4 Å². The quantitative estimate of drug-likeness (QED) is 0.664. The second kappa shape index (κ2) is 8.47. The SMILES string of the molecule is N#Cc1ccccc1-c1cccc(C=C(NC(=O)c2ccccc2)C(=O)O)c1. The van der Waals surface area contributed by atoms with Crippen LogP contribution in [0.5, 0.6) is 0 Å². The molecule has 0 aliphatic carbocycles. The van der Waals surface area contributed by atoms with E-state index >= 15 is 0 Å². The first kappa shape index (κ1) is 18.6. The number of nitrogens with one attached hydrogen (secondary N) is 1. The zero-order valence-corrected chi connectivity index (χ0v) is 14.8. The van der Waals surface area contributed by atoms with Gasteiger partial charge in [-0.05, 0) is 47.0 Å². The Morgan fingerprint density at radius 2 is 1.64 bits per heavy atom. The van der Waals surface area contributed by atoms with Crippen LogP contribution in [0.1, 0.15) is 21.5 Å². The molecular formula is C23H16N2O3. The molecular weight excluding hydrogens is 352 g/mol. The Balaban J connectivity index is 1.93. The lowest BCUT2D eigenvalue weighted by Gasteiger charge is -2.08. The highest BCUT2D eigenvalue weighted by atomic mass is 16.4. The summed E-state index contributed by atoms with van der Waals surface area (Å²) in [4.78, 5) is 23.9. The van der Waals surface area contributed by atoms with Crippen molar-refractivity contribution in [2.45, 2.75) is 0 Å². The molecule has 0 heterocycles. The number of nitrogens with zero attached hydrogens (tertiary/aromatic N) is 1. The van der Waals surface area contributed by atoms with Gasteiger partial charge in [-0.3, -0.25) is 4.79 Å². The zero-order valence-electron chi connectivity index (χ0n) is 14.8. The van der Waals surface area contributed by atoms with E-state index in [1.54, 1.807) is 60.7 Å². The van der Waals surface area contributed by atoms with Crippen LogP contribution in [0.4, 0.5) is 0 Å². The van der Waals surface area contributed by atoms with Crippen LogP contribution in [0.2, 0.25) is 0 Å². The molecule has 0 radical (unpaired) electrons. The zero-order chi connectivity index (χ0) is 19.9. The molecule has 3 aromatic rings. The van der Waals surface area contributed by atoms with Gasteiger partial charge in [0.05, 0.1) is 11.6 Å². The molecule has 0 aromatic heterocycles. The topological polar surface area (TPSA) is 90.2 Å². The van der Waals surface area contributed by atoms with Crippen molar-refractivity contribution in [3.05, 3.63) is 101 Å². The lowest BCUT2D eigenvalue weighted by molar-refractivity contribution is -0.132. The fraction of sp³-hybridized carbons (Fsp3) is 0. The molecule has 0 fully saturated rings. The van der Waals surface area contributed by atoms with Gasteiger partial charge in [0.25, 0.3) is 5.91 Å². The summed E-state index contributed by atoms with van der Waals surface area (Å²) in [5.74, 6) is -1.74. The van der Waals surface area contributed by atoms with Crippen LogP contribution < -0.4 is 5.32 Å². The number of hydrogen-bond acceptors (Lipinski definition) is 3. The van der Waals surface area contributed by atoms with Gasteiger partial charge in [0.15, 0.2) is 0 Å². The summed E-state index contributed by atoms with van der Waals surface area (Å²) in [6.45, 7) is 0. The average molecular weight is 368 g/mol. The molecule has 2 N–H and O–H groups in total. The van der Waals surface area contributed by atoms with Crippen LogP contribution in [-0.4, -0.2) is 17.0 Å². The van der Waals surface area contributed by atoms with Gasteiger partial charge in [-0.25, -0.2) is 4.79 Å². The van der Waals surface area contributed by atoms with Crippen LogP contribution in [0.25, 0.3) is 17.2 Å². The summed E-state index contributed by atoms with van der Waals surface area (Å²) in [6.07, 6.45) is 1.39. The molecule has 3 rings (SSSR count). The van der Waals surface area contributed by atoms with E-state index in [0.29, 0.717) is 16.7 Å². The summed E-state index contributed by atoms with van der Waals surface area (Å²) in [5, 5.41) is 21.2. The number of carboxylic acid groups (broad SMARTS) is 1. The molecule has 0 saturated heterocycles. The molecule has 0 unspecified atom stereocenters. The van der Waals surface area contributed by atoms with Gasteiger partial charge >= 0.3 is 5.97 Å².